The summed E-state index contributed by atoms with van der Waals surface area (Å²) in [5.74, 6) is 1.59. The van der Waals surface area contributed by atoms with Crippen LogP contribution < -0.4 is 0 Å². The Labute approximate surface area is 158 Å². The number of piperidine rings is 1. The molecular formula is C20H24N6O. The van der Waals surface area contributed by atoms with Crippen molar-refractivity contribution in [2.45, 2.75) is 38.8 Å². The van der Waals surface area contributed by atoms with Gasteiger partial charge in [0.05, 0.1) is 18.2 Å². The van der Waals surface area contributed by atoms with Gasteiger partial charge in [-0.2, -0.15) is 10.1 Å². The second-order valence-corrected chi connectivity index (χ2v) is 7.02. The normalized spacial score (nSPS) is 17.9. The molecule has 1 saturated heterocycles. The van der Waals surface area contributed by atoms with Gasteiger partial charge in [-0.25, -0.2) is 0 Å². The van der Waals surface area contributed by atoms with Crippen LogP contribution in [0.3, 0.4) is 0 Å². The van der Waals surface area contributed by atoms with Gasteiger partial charge in [-0.05, 0) is 38.4 Å². The van der Waals surface area contributed by atoms with Crippen LogP contribution >= 0.6 is 0 Å². The van der Waals surface area contributed by atoms with Crippen LogP contribution in [0.15, 0.2) is 47.9 Å². The monoisotopic (exact) mass is 364 g/mol. The fourth-order valence-corrected chi connectivity index (χ4v) is 3.60. The summed E-state index contributed by atoms with van der Waals surface area (Å²) in [5, 5.41) is 8.69. The minimum Gasteiger partial charge on any atom is -0.339 e. The third-order valence-electron chi connectivity index (χ3n) is 4.97. The summed E-state index contributed by atoms with van der Waals surface area (Å²) in [6.45, 7) is 9.47. The molecule has 4 rings (SSSR count). The minimum atomic E-state index is 0.264. The second-order valence-electron chi connectivity index (χ2n) is 7.02. The van der Waals surface area contributed by atoms with E-state index in [2.05, 4.69) is 44.8 Å². The van der Waals surface area contributed by atoms with Crippen LogP contribution in [-0.4, -0.2) is 42.9 Å². The van der Waals surface area contributed by atoms with Crippen LogP contribution in [-0.2, 0) is 13.1 Å². The summed E-state index contributed by atoms with van der Waals surface area (Å²) in [7, 11) is 0. The fraction of sp³-hybridized carbons (Fsp3) is 0.400. The lowest BCUT2D eigenvalue weighted by molar-refractivity contribution is 0.180. The first-order valence-electron chi connectivity index (χ1n) is 9.33. The van der Waals surface area contributed by atoms with E-state index < -0.39 is 0 Å². The molecule has 0 bridgehead atoms. The van der Waals surface area contributed by atoms with E-state index in [1.807, 2.05) is 22.9 Å². The van der Waals surface area contributed by atoms with Crippen molar-refractivity contribution in [3.8, 4) is 11.4 Å². The molecule has 0 aliphatic carbocycles. The Bertz CT molecular complexity index is 900. The smallest absolute Gasteiger partial charge is 0.231 e. The highest BCUT2D eigenvalue weighted by Gasteiger charge is 2.26. The van der Waals surface area contributed by atoms with Crippen molar-refractivity contribution < 1.29 is 4.52 Å². The van der Waals surface area contributed by atoms with Gasteiger partial charge >= 0.3 is 0 Å². The Morgan fingerprint density at radius 1 is 1.41 bits per heavy atom. The summed E-state index contributed by atoms with van der Waals surface area (Å²) >= 11 is 0. The molecule has 3 aromatic heterocycles. The molecule has 0 amide bonds. The number of hydrogen-bond acceptors (Lipinski definition) is 6. The van der Waals surface area contributed by atoms with E-state index in [1.54, 1.807) is 12.4 Å². The van der Waals surface area contributed by atoms with E-state index in [9.17, 15) is 0 Å². The van der Waals surface area contributed by atoms with E-state index >= 15 is 0 Å². The number of nitrogens with zero attached hydrogens (tertiary/aromatic N) is 6. The Kier molecular flexibility index (Phi) is 5.11. The Morgan fingerprint density at radius 2 is 2.33 bits per heavy atom. The van der Waals surface area contributed by atoms with Crippen LogP contribution in [0.2, 0.25) is 0 Å². The quantitative estimate of drug-likeness (QED) is 0.626. The van der Waals surface area contributed by atoms with Gasteiger partial charge in [0.25, 0.3) is 0 Å². The van der Waals surface area contributed by atoms with Crippen molar-refractivity contribution >= 4 is 0 Å². The van der Waals surface area contributed by atoms with Crippen molar-refractivity contribution in [1.29, 1.82) is 0 Å². The number of pyridine rings is 1. The van der Waals surface area contributed by atoms with Gasteiger partial charge in [-0.3, -0.25) is 14.6 Å². The highest BCUT2D eigenvalue weighted by Crippen LogP contribution is 2.28. The lowest BCUT2D eigenvalue weighted by Crippen LogP contribution is -2.34. The molecule has 7 nitrogen and oxygen atoms in total. The van der Waals surface area contributed by atoms with Gasteiger partial charge in [-0.15, -0.1) is 6.58 Å². The zero-order chi connectivity index (χ0) is 18.6. The zero-order valence-electron chi connectivity index (χ0n) is 15.6. The van der Waals surface area contributed by atoms with Crippen molar-refractivity contribution in [2.24, 2.45) is 0 Å². The summed E-state index contributed by atoms with van der Waals surface area (Å²) in [4.78, 5) is 11.2. The molecule has 0 saturated carbocycles. The highest BCUT2D eigenvalue weighted by atomic mass is 16.5. The van der Waals surface area contributed by atoms with Crippen LogP contribution in [0, 0.1) is 6.92 Å². The molecule has 0 unspecified atom stereocenters. The first-order chi connectivity index (χ1) is 13.2. The van der Waals surface area contributed by atoms with Gasteiger partial charge in [0, 0.05) is 42.8 Å². The molecule has 1 fully saturated rings. The van der Waals surface area contributed by atoms with Crippen molar-refractivity contribution in [1.82, 2.24) is 29.8 Å². The Morgan fingerprint density at radius 3 is 3.15 bits per heavy atom. The average Bonchev–Trinajstić information content (AvgIpc) is 3.31. The Hall–Kier alpha value is -2.80. The molecule has 1 aliphatic heterocycles. The number of aromatic nitrogens is 5. The maximum absolute atomic E-state index is 5.57. The molecule has 0 spiro atoms. The van der Waals surface area contributed by atoms with Crippen molar-refractivity contribution in [3.05, 3.63) is 60.5 Å². The number of likely N-dealkylation sites (tertiary alicyclic amines) is 1. The summed E-state index contributed by atoms with van der Waals surface area (Å²) in [6, 6.07) is 3.82. The zero-order valence-corrected chi connectivity index (χ0v) is 15.6. The number of aryl methyl sites for hydroxylation is 1. The van der Waals surface area contributed by atoms with Crippen molar-refractivity contribution in [2.75, 3.05) is 13.1 Å². The third kappa shape index (κ3) is 3.98. The minimum absolute atomic E-state index is 0.264. The highest BCUT2D eigenvalue weighted by molar-refractivity contribution is 5.51. The maximum atomic E-state index is 5.57. The van der Waals surface area contributed by atoms with Crippen LogP contribution in [0.5, 0.6) is 0 Å². The standard InChI is InChI=1S/C20H24N6O/c1-3-9-26-14-18(15(2)23-26)13-25-10-5-7-17(12-25)20-22-19(24-27-20)16-6-4-8-21-11-16/h3-4,6,8,11,14,17H,1,5,7,9-10,12-13H2,2H3/t17-/m1/s1. The van der Waals surface area contributed by atoms with Gasteiger partial charge in [0.1, 0.15) is 0 Å². The third-order valence-corrected chi connectivity index (χ3v) is 4.97. The summed E-state index contributed by atoms with van der Waals surface area (Å²) < 4.78 is 7.52. The van der Waals surface area contributed by atoms with Gasteiger partial charge in [0.2, 0.25) is 11.7 Å². The van der Waals surface area contributed by atoms with Crippen LogP contribution in [0.1, 0.15) is 35.9 Å². The Balaban J connectivity index is 1.44. The molecule has 4 heterocycles. The van der Waals surface area contributed by atoms with Crippen molar-refractivity contribution in [3.63, 3.8) is 0 Å². The molecule has 1 aliphatic rings. The topological polar surface area (TPSA) is 72.9 Å². The average molecular weight is 364 g/mol. The first-order valence-corrected chi connectivity index (χ1v) is 9.33. The molecule has 140 valence electrons. The molecule has 7 heteroatoms. The molecule has 3 aromatic rings. The van der Waals surface area contributed by atoms with E-state index in [-0.39, 0.29) is 5.92 Å². The predicted molar refractivity (Wildman–Crippen MR) is 102 cm³/mol. The molecule has 0 N–H and O–H groups in total. The van der Waals surface area contributed by atoms with E-state index in [1.165, 1.54) is 5.56 Å². The molecular weight excluding hydrogens is 340 g/mol. The van der Waals surface area contributed by atoms with Gasteiger partial charge in [-0.1, -0.05) is 11.2 Å². The summed E-state index contributed by atoms with van der Waals surface area (Å²) in [6.07, 6.45) is 9.67. The fourth-order valence-electron chi connectivity index (χ4n) is 3.60. The van der Waals surface area contributed by atoms with E-state index in [4.69, 9.17) is 4.52 Å². The first kappa shape index (κ1) is 17.6. The van der Waals surface area contributed by atoms with Crippen LogP contribution in [0.25, 0.3) is 11.4 Å². The molecule has 27 heavy (non-hydrogen) atoms. The molecule has 0 radical (unpaired) electrons. The van der Waals surface area contributed by atoms with E-state index in [0.717, 1.165) is 56.2 Å². The van der Waals surface area contributed by atoms with Gasteiger partial charge < -0.3 is 4.52 Å². The summed E-state index contributed by atoms with van der Waals surface area (Å²) in [5.41, 5.74) is 3.22. The lowest BCUT2D eigenvalue weighted by atomic mass is 9.97. The molecule has 1 atom stereocenters. The largest absolute Gasteiger partial charge is 0.339 e. The van der Waals surface area contributed by atoms with E-state index in [0.29, 0.717) is 5.82 Å². The number of hydrogen-bond donors (Lipinski definition) is 0. The lowest BCUT2D eigenvalue weighted by Gasteiger charge is -2.30. The number of allylic oxidation sites excluding steroid dienone is 1. The SMILES string of the molecule is C=CCn1cc(CN2CCC[C@@H](c3nc(-c4cccnc4)no3)C2)c(C)n1. The van der Waals surface area contributed by atoms with Gasteiger partial charge in [0.15, 0.2) is 0 Å². The number of rotatable bonds is 6. The molecule has 0 aromatic carbocycles. The second kappa shape index (κ2) is 7.84. The predicted octanol–water partition coefficient (Wildman–Crippen LogP) is 3.20. The van der Waals surface area contributed by atoms with Crippen LogP contribution in [0.4, 0.5) is 0 Å². The maximum Gasteiger partial charge on any atom is 0.231 e.